The third-order valence-electron chi connectivity index (χ3n) is 6.99. The largest absolute Gasteiger partial charge is 0.316 e. The van der Waals surface area contributed by atoms with Gasteiger partial charge in [0.15, 0.2) is 0 Å². The standard InChI is InChI=1S/C25H32Cl2N2.2ClH/c26-23-8-7-22(18-24(23)27)25(11-4-13-28-19-25)12-16-29-14-9-21(10-15-29)17-20-5-2-1-3-6-20;;/h1-3,5-8,18,21,28H,4,9-17,19H2;2*1H. The van der Waals surface area contributed by atoms with E-state index in [4.69, 9.17) is 23.2 Å². The molecule has 1 unspecified atom stereocenters. The first-order valence-corrected chi connectivity index (χ1v) is 11.8. The summed E-state index contributed by atoms with van der Waals surface area (Å²) >= 11 is 12.5. The Kier molecular flexibility index (Phi) is 10.9. The Morgan fingerprint density at radius 3 is 2.35 bits per heavy atom. The van der Waals surface area contributed by atoms with Crippen molar-refractivity contribution in [1.29, 1.82) is 0 Å². The Morgan fingerprint density at radius 1 is 0.968 bits per heavy atom. The lowest BCUT2D eigenvalue weighted by atomic mass is 9.72. The summed E-state index contributed by atoms with van der Waals surface area (Å²) in [6.45, 7) is 5.77. The molecule has 0 amide bonds. The first-order valence-electron chi connectivity index (χ1n) is 11.1. The first-order chi connectivity index (χ1) is 14.1. The molecule has 4 rings (SSSR count). The first kappa shape index (κ1) is 26.8. The van der Waals surface area contributed by atoms with Crippen molar-refractivity contribution in [2.45, 2.75) is 43.9 Å². The normalized spacial score (nSPS) is 22.4. The molecule has 31 heavy (non-hydrogen) atoms. The van der Waals surface area contributed by atoms with Crippen molar-refractivity contribution >= 4 is 48.0 Å². The van der Waals surface area contributed by atoms with Crippen LogP contribution in [0.3, 0.4) is 0 Å². The SMILES string of the molecule is Cl.Cl.Clc1ccc(C2(CCN3CCC(Cc4ccccc4)CC3)CCCNC2)cc1Cl. The van der Waals surface area contributed by atoms with Crippen molar-refractivity contribution in [3.63, 3.8) is 0 Å². The number of hydrogen-bond donors (Lipinski definition) is 1. The predicted octanol–water partition coefficient (Wildman–Crippen LogP) is 6.80. The smallest absolute Gasteiger partial charge is 0.0595 e. The Balaban J connectivity index is 0.00000171. The second kappa shape index (κ2) is 12.7. The molecule has 0 bridgehead atoms. The van der Waals surface area contributed by atoms with E-state index in [0.717, 1.165) is 19.0 Å². The van der Waals surface area contributed by atoms with Crippen molar-refractivity contribution in [1.82, 2.24) is 10.2 Å². The minimum absolute atomic E-state index is 0. The van der Waals surface area contributed by atoms with Gasteiger partial charge in [-0.1, -0.05) is 59.6 Å². The van der Waals surface area contributed by atoms with Gasteiger partial charge in [0.2, 0.25) is 0 Å². The van der Waals surface area contributed by atoms with Gasteiger partial charge in [-0.2, -0.15) is 0 Å². The second-order valence-corrected chi connectivity index (χ2v) is 9.73. The fourth-order valence-electron chi connectivity index (χ4n) is 5.13. The molecule has 2 saturated heterocycles. The lowest BCUT2D eigenvalue weighted by Gasteiger charge is -2.41. The molecule has 2 aromatic carbocycles. The molecular weight excluding hydrogens is 470 g/mol. The molecule has 0 radical (unpaired) electrons. The van der Waals surface area contributed by atoms with Gasteiger partial charge in [-0.3, -0.25) is 0 Å². The molecule has 0 aromatic heterocycles. The number of halogens is 4. The van der Waals surface area contributed by atoms with Gasteiger partial charge in [0.1, 0.15) is 0 Å². The summed E-state index contributed by atoms with van der Waals surface area (Å²) in [5, 5.41) is 4.96. The van der Waals surface area contributed by atoms with Crippen LogP contribution in [0.5, 0.6) is 0 Å². The number of nitrogens with zero attached hydrogens (tertiary/aromatic N) is 1. The summed E-state index contributed by atoms with van der Waals surface area (Å²) < 4.78 is 0. The maximum atomic E-state index is 6.36. The molecule has 0 aliphatic carbocycles. The van der Waals surface area contributed by atoms with Crippen LogP contribution in [0.4, 0.5) is 0 Å². The van der Waals surface area contributed by atoms with Crippen LogP contribution in [-0.2, 0) is 11.8 Å². The molecule has 2 aliphatic rings. The van der Waals surface area contributed by atoms with Crippen LogP contribution >= 0.6 is 48.0 Å². The maximum Gasteiger partial charge on any atom is 0.0595 e. The summed E-state index contributed by atoms with van der Waals surface area (Å²) in [6.07, 6.45) is 7.48. The van der Waals surface area contributed by atoms with E-state index in [0.29, 0.717) is 10.0 Å². The van der Waals surface area contributed by atoms with Crippen molar-refractivity contribution in [2.75, 3.05) is 32.7 Å². The molecule has 1 N–H and O–H groups in total. The zero-order chi connectivity index (χ0) is 20.1. The quantitative estimate of drug-likeness (QED) is 0.466. The van der Waals surface area contributed by atoms with Crippen molar-refractivity contribution in [2.24, 2.45) is 5.92 Å². The van der Waals surface area contributed by atoms with Crippen molar-refractivity contribution < 1.29 is 0 Å². The number of nitrogens with one attached hydrogen (secondary N) is 1. The van der Waals surface area contributed by atoms with Crippen LogP contribution < -0.4 is 5.32 Å². The van der Waals surface area contributed by atoms with Gasteiger partial charge in [0, 0.05) is 12.0 Å². The number of rotatable bonds is 6. The average molecular weight is 504 g/mol. The van der Waals surface area contributed by atoms with Crippen LogP contribution in [0.1, 0.15) is 43.2 Å². The maximum absolute atomic E-state index is 6.36. The van der Waals surface area contributed by atoms with E-state index in [1.54, 1.807) is 0 Å². The molecule has 2 aromatic rings. The molecule has 1 atom stereocenters. The van der Waals surface area contributed by atoms with Gasteiger partial charge in [-0.15, -0.1) is 24.8 Å². The highest BCUT2D eigenvalue weighted by atomic mass is 35.5. The van der Waals surface area contributed by atoms with Crippen LogP contribution in [0.25, 0.3) is 0 Å². The van der Waals surface area contributed by atoms with Gasteiger partial charge in [-0.25, -0.2) is 0 Å². The van der Waals surface area contributed by atoms with E-state index < -0.39 is 0 Å². The van der Waals surface area contributed by atoms with Gasteiger partial charge < -0.3 is 10.2 Å². The monoisotopic (exact) mass is 502 g/mol. The molecule has 172 valence electrons. The Morgan fingerprint density at radius 2 is 1.71 bits per heavy atom. The highest BCUT2D eigenvalue weighted by molar-refractivity contribution is 6.42. The van der Waals surface area contributed by atoms with E-state index in [1.807, 2.05) is 6.07 Å². The average Bonchev–Trinajstić information content (AvgIpc) is 2.76. The zero-order valence-corrected chi connectivity index (χ0v) is 21.1. The summed E-state index contributed by atoms with van der Waals surface area (Å²) in [6, 6.07) is 17.2. The predicted molar refractivity (Wildman–Crippen MR) is 139 cm³/mol. The summed E-state index contributed by atoms with van der Waals surface area (Å²) in [4.78, 5) is 2.68. The van der Waals surface area contributed by atoms with Gasteiger partial charge in [-0.05, 0) is 93.9 Å². The lowest BCUT2D eigenvalue weighted by molar-refractivity contribution is 0.159. The van der Waals surface area contributed by atoms with E-state index in [1.165, 1.54) is 69.3 Å². The van der Waals surface area contributed by atoms with E-state index in [-0.39, 0.29) is 30.2 Å². The van der Waals surface area contributed by atoms with Crippen molar-refractivity contribution in [3.05, 3.63) is 69.7 Å². The van der Waals surface area contributed by atoms with Crippen LogP contribution in [0, 0.1) is 5.92 Å². The minimum atomic E-state index is 0. The summed E-state index contributed by atoms with van der Waals surface area (Å²) in [5.74, 6) is 0.828. The fourth-order valence-corrected chi connectivity index (χ4v) is 5.43. The summed E-state index contributed by atoms with van der Waals surface area (Å²) in [7, 11) is 0. The molecule has 6 heteroatoms. The third kappa shape index (κ3) is 7.00. The number of piperidine rings is 2. The molecule has 0 saturated carbocycles. The molecule has 2 aliphatic heterocycles. The molecule has 0 spiro atoms. The number of benzene rings is 2. The van der Waals surface area contributed by atoms with E-state index in [2.05, 4.69) is 52.7 Å². The van der Waals surface area contributed by atoms with Crippen LogP contribution in [0.2, 0.25) is 10.0 Å². The van der Waals surface area contributed by atoms with Gasteiger partial charge in [0.25, 0.3) is 0 Å². The topological polar surface area (TPSA) is 15.3 Å². The molecule has 2 nitrogen and oxygen atoms in total. The van der Waals surface area contributed by atoms with E-state index in [9.17, 15) is 0 Å². The number of likely N-dealkylation sites (tertiary alicyclic amines) is 1. The van der Waals surface area contributed by atoms with E-state index >= 15 is 0 Å². The Labute approximate surface area is 209 Å². The highest BCUT2D eigenvalue weighted by Gasteiger charge is 2.35. The lowest BCUT2D eigenvalue weighted by Crippen LogP contribution is -2.46. The zero-order valence-electron chi connectivity index (χ0n) is 18.0. The Bertz CT molecular complexity index is 785. The fraction of sp³-hybridized carbons (Fsp3) is 0.520. The van der Waals surface area contributed by atoms with Crippen LogP contribution in [0.15, 0.2) is 48.5 Å². The molecule has 2 fully saturated rings. The number of hydrogen-bond acceptors (Lipinski definition) is 2. The molecular formula is C25H34Cl4N2. The minimum Gasteiger partial charge on any atom is -0.316 e. The van der Waals surface area contributed by atoms with Crippen LogP contribution in [-0.4, -0.2) is 37.6 Å². The second-order valence-electron chi connectivity index (χ2n) is 8.91. The van der Waals surface area contributed by atoms with Crippen molar-refractivity contribution in [3.8, 4) is 0 Å². The summed E-state index contributed by atoms with van der Waals surface area (Å²) in [5.41, 5.74) is 3.00. The Hall–Kier alpha value is -0.480. The molecule has 2 heterocycles. The van der Waals surface area contributed by atoms with Gasteiger partial charge >= 0.3 is 0 Å². The third-order valence-corrected chi connectivity index (χ3v) is 7.72. The van der Waals surface area contributed by atoms with Gasteiger partial charge in [0.05, 0.1) is 10.0 Å². The highest BCUT2D eigenvalue weighted by Crippen LogP contribution is 2.38.